The fourth-order valence-electron chi connectivity index (χ4n) is 1.15. The van der Waals surface area contributed by atoms with Gasteiger partial charge in [0.25, 0.3) is 0 Å². The van der Waals surface area contributed by atoms with Gasteiger partial charge in [-0.1, -0.05) is 6.92 Å². The molecule has 0 aromatic rings. The van der Waals surface area contributed by atoms with Crippen molar-refractivity contribution in [3.63, 3.8) is 0 Å². The second-order valence-electron chi connectivity index (χ2n) is 3.36. The number of hydrogen-bond donors (Lipinski definition) is 1. The first kappa shape index (κ1) is 9.48. The molecule has 0 radical (unpaired) electrons. The van der Waals surface area contributed by atoms with E-state index in [4.69, 9.17) is 9.94 Å². The van der Waals surface area contributed by atoms with Crippen LogP contribution in [0.4, 0.5) is 0 Å². The van der Waals surface area contributed by atoms with Crippen molar-refractivity contribution in [3.05, 3.63) is 0 Å². The van der Waals surface area contributed by atoms with Gasteiger partial charge in [-0.25, -0.2) is 5.06 Å². The molecule has 0 bridgehead atoms. The van der Waals surface area contributed by atoms with Gasteiger partial charge in [-0.3, -0.25) is 9.63 Å². The average molecular weight is 173 g/mol. The highest BCUT2D eigenvalue weighted by molar-refractivity contribution is 5.77. The fraction of sp³-hybridized carbons (Fsp3) is 0.875. The van der Waals surface area contributed by atoms with Crippen molar-refractivity contribution >= 4 is 5.91 Å². The summed E-state index contributed by atoms with van der Waals surface area (Å²) in [6.07, 6.45) is 0.446. The Balaban J connectivity index is 2.37. The zero-order valence-corrected chi connectivity index (χ0v) is 7.49. The molecule has 1 rings (SSSR count). The molecule has 0 aromatic carbocycles. The molecule has 1 heterocycles. The molecule has 0 aliphatic carbocycles. The van der Waals surface area contributed by atoms with E-state index in [1.807, 2.05) is 13.8 Å². The predicted molar refractivity (Wildman–Crippen MR) is 43.1 cm³/mol. The van der Waals surface area contributed by atoms with E-state index >= 15 is 0 Å². The Kier molecular flexibility index (Phi) is 3.05. The van der Waals surface area contributed by atoms with Gasteiger partial charge < -0.3 is 5.11 Å². The van der Waals surface area contributed by atoms with Crippen molar-refractivity contribution < 1.29 is 14.7 Å². The summed E-state index contributed by atoms with van der Waals surface area (Å²) in [4.78, 5) is 16.4. The van der Waals surface area contributed by atoms with E-state index < -0.39 is 0 Å². The molecular weight excluding hydrogens is 158 g/mol. The predicted octanol–water partition coefficient (Wildman–Crippen LogP) is 0.167. The van der Waals surface area contributed by atoms with Crippen LogP contribution in [-0.4, -0.2) is 35.3 Å². The van der Waals surface area contributed by atoms with Crippen molar-refractivity contribution in [2.24, 2.45) is 5.92 Å². The van der Waals surface area contributed by atoms with Crippen molar-refractivity contribution in [2.75, 3.05) is 13.2 Å². The van der Waals surface area contributed by atoms with Gasteiger partial charge in [0.1, 0.15) is 0 Å². The molecule has 0 spiro atoms. The quantitative estimate of drug-likeness (QED) is 0.661. The van der Waals surface area contributed by atoms with E-state index in [0.717, 1.165) is 0 Å². The van der Waals surface area contributed by atoms with Gasteiger partial charge in [0.2, 0.25) is 5.91 Å². The van der Waals surface area contributed by atoms with Crippen molar-refractivity contribution in [1.82, 2.24) is 5.06 Å². The third-order valence-corrected chi connectivity index (χ3v) is 1.84. The molecule has 4 heteroatoms. The van der Waals surface area contributed by atoms with E-state index in [-0.39, 0.29) is 24.5 Å². The first-order chi connectivity index (χ1) is 5.63. The number of aliphatic hydroxyl groups excluding tert-OH is 1. The Morgan fingerprint density at radius 2 is 2.50 bits per heavy atom. The SMILES string of the molecule is CC(CO)CN1OC(C)CC1=O. The summed E-state index contributed by atoms with van der Waals surface area (Å²) in [5.74, 6) is 0.0991. The molecule has 2 atom stereocenters. The maximum Gasteiger partial charge on any atom is 0.248 e. The molecular formula is C8H15NO3. The molecule has 1 aliphatic heterocycles. The van der Waals surface area contributed by atoms with E-state index in [0.29, 0.717) is 13.0 Å². The number of carbonyl (C=O) groups is 1. The van der Waals surface area contributed by atoms with Crippen molar-refractivity contribution in [2.45, 2.75) is 26.4 Å². The lowest BCUT2D eigenvalue weighted by molar-refractivity contribution is -0.174. The van der Waals surface area contributed by atoms with Gasteiger partial charge in [0.05, 0.1) is 19.1 Å². The average Bonchev–Trinajstić information content (AvgIpc) is 2.30. The first-order valence-electron chi connectivity index (χ1n) is 4.21. The van der Waals surface area contributed by atoms with E-state index in [2.05, 4.69) is 0 Å². The topological polar surface area (TPSA) is 49.8 Å². The van der Waals surface area contributed by atoms with Crippen LogP contribution in [0.25, 0.3) is 0 Å². The number of rotatable bonds is 3. The number of carbonyl (C=O) groups excluding carboxylic acids is 1. The van der Waals surface area contributed by atoms with E-state index in [1.165, 1.54) is 5.06 Å². The lowest BCUT2D eigenvalue weighted by Crippen LogP contribution is -2.30. The molecule has 1 amide bonds. The Morgan fingerprint density at radius 1 is 1.83 bits per heavy atom. The molecule has 0 saturated carbocycles. The van der Waals surface area contributed by atoms with Crippen LogP contribution in [0, 0.1) is 5.92 Å². The van der Waals surface area contributed by atoms with Crippen LogP contribution in [-0.2, 0) is 9.63 Å². The molecule has 1 saturated heterocycles. The van der Waals surface area contributed by atoms with Crippen molar-refractivity contribution in [1.29, 1.82) is 0 Å². The molecule has 0 aromatic heterocycles. The largest absolute Gasteiger partial charge is 0.396 e. The zero-order valence-electron chi connectivity index (χ0n) is 7.49. The number of aliphatic hydroxyl groups is 1. The van der Waals surface area contributed by atoms with Crippen LogP contribution in [0.1, 0.15) is 20.3 Å². The number of amides is 1. The van der Waals surface area contributed by atoms with E-state index in [1.54, 1.807) is 0 Å². The minimum absolute atomic E-state index is 0.0107. The van der Waals surface area contributed by atoms with Crippen molar-refractivity contribution in [3.8, 4) is 0 Å². The summed E-state index contributed by atoms with van der Waals surface area (Å²) in [6, 6.07) is 0. The maximum atomic E-state index is 11.2. The highest BCUT2D eigenvalue weighted by atomic mass is 16.7. The van der Waals surface area contributed by atoms with Crippen LogP contribution in [0.5, 0.6) is 0 Å². The third-order valence-electron chi connectivity index (χ3n) is 1.84. The highest BCUT2D eigenvalue weighted by Gasteiger charge is 2.28. The van der Waals surface area contributed by atoms with Gasteiger partial charge >= 0.3 is 0 Å². The summed E-state index contributed by atoms with van der Waals surface area (Å²) in [5.41, 5.74) is 0. The molecule has 2 unspecified atom stereocenters. The van der Waals surface area contributed by atoms with Crippen LogP contribution < -0.4 is 0 Å². The number of hydrogen-bond acceptors (Lipinski definition) is 3. The van der Waals surface area contributed by atoms with Crippen LogP contribution in [0.15, 0.2) is 0 Å². The summed E-state index contributed by atoms with van der Waals surface area (Å²) >= 11 is 0. The monoisotopic (exact) mass is 173 g/mol. The Labute approximate surface area is 72.1 Å². The fourth-order valence-corrected chi connectivity index (χ4v) is 1.15. The van der Waals surface area contributed by atoms with E-state index in [9.17, 15) is 4.79 Å². The zero-order chi connectivity index (χ0) is 9.14. The third kappa shape index (κ3) is 2.19. The molecule has 4 nitrogen and oxygen atoms in total. The van der Waals surface area contributed by atoms with Crippen LogP contribution >= 0.6 is 0 Å². The Hall–Kier alpha value is -0.610. The van der Waals surface area contributed by atoms with Gasteiger partial charge in [-0.2, -0.15) is 0 Å². The second kappa shape index (κ2) is 3.87. The number of nitrogens with zero attached hydrogens (tertiary/aromatic N) is 1. The summed E-state index contributed by atoms with van der Waals surface area (Å²) in [7, 11) is 0. The molecule has 70 valence electrons. The normalized spacial score (nSPS) is 26.4. The maximum absolute atomic E-state index is 11.2. The van der Waals surface area contributed by atoms with Gasteiger partial charge in [-0.05, 0) is 12.8 Å². The van der Waals surface area contributed by atoms with Gasteiger partial charge in [-0.15, -0.1) is 0 Å². The van der Waals surface area contributed by atoms with Crippen LogP contribution in [0.3, 0.4) is 0 Å². The lowest BCUT2D eigenvalue weighted by Gasteiger charge is -2.18. The van der Waals surface area contributed by atoms with Gasteiger partial charge in [0.15, 0.2) is 0 Å². The molecule has 1 fully saturated rings. The lowest BCUT2D eigenvalue weighted by atomic mass is 10.2. The Morgan fingerprint density at radius 3 is 2.92 bits per heavy atom. The van der Waals surface area contributed by atoms with Gasteiger partial charge in [0, 0.05) is 6.61 Å². The molecule has 1 N–H and O–H groups in total. The van der Waals surface area contributed by atoms with Crippen LogP contribution in [0.2, 0.25) is 0 Å². The molecule has 12 heavy (non-hydrogen) atoms. The smallest absolute Gasteiger partial charge is 0.248 e. The second-order valence-corrected chi connectivity index (χ2v) is 3.36. The summed E-state index contributed by atoms with van der Waals surface area (Å²) in [5, 5.41) is 10.1. The summed E-state index contributed by atoms with van der Waals surface area (Å²) < 4.78 is 0. The minimum atomic E-state index is -0.0107. The molecule has 1 aliphatic rings. The summed E-state index contributed by atoms with van der Waals surface area (Å²) in [6.45, 7) is 4.31. The number of hydroxylamine groups is 2. The minimum Gasteiger partial charge on any atom is -0.396 e. The first-order valence-corrected chi connectivity index (χ1v) is 4.21. The highest BCUT2D eigenvalue weighted by Crippen LogP contribution is 2.15. The standard InChI is InChI=1S/C8H15NO3/c1-6(5-10)4-9-8(11)3-7(2)12-9/h6-7,10H,3-5H2,1-2H3. The Bertz CT molecular complexity index is 172.